The molecular weight excluding hydrogens is 793 g/mol. The zero-order valence-corrected chi connectivity index (χ0v) is 35.2. The molecule has 0 amide bonds. The molecule has 304 valence electrons. The summed E-state index contributed by atoms with van der Waals surface area (Å²) in [5.74, 6) is 2.79. The van der Waals surface area contributed by atoms with Crippen molar-refractivity contribution in [1.29, 1.82) is 0 Å². The monoisotopic (exact) mass is 830 g/mol. The van der Waals surface area contributed by atoms with E-state index in [1.54, 1.807) is 0 Å². The first-order valence-corrected chi connectivity index (χ1v) is 22.3. The number of fused-ring (bicyclic) bond motifs is 16. The van der Waals surface area contributed by atoms with Crippen LogP contribution in [0.15, 0.2) is 231 Å². The highest BCUT2D eigenvalue weighted by Crippen LogP contribution is 2.66. The second-order valence-electron chi connectivity index (χ2n) is 17.1. The molecule has 2 aliphatic carbocycles. The van der Waals surface area contributed by atoms with Crippen LogP contribution in [0.4, 0.5) is 17.1 Å². The molecule has 0 atom stereocenters. The van der Waals surface area contributed by atoms with Crippen molar-refractivity contribution < 1.29 is 9.47 Å². The van der Waals surface area contributed by atoms with Gasteiger partial charge in [0.2, 0.25) is 0 Å². The number of nitrogens with zero attached hydrogens (tertiary/aromatic N) is 2. The minimum Gasteiger partial charge on any atom is -0.449 e. The largest absolute Gasteiger partial charge is 0.449 e. The molecule has 0 radical (unpaired) electrons. The minimum atomic E-state index is -0.470. The van der Waals surface area contributed by atoms with Crippen LogP contribution in [0.25, 0.3) is 60.9 Å². The van der Waals surface area contributed by atoms with E-state index in [2.05, 4.69) is 234 Å². The summed E-state index contributed by atoms with van der Waals surface area (Å²) in [5.41, 5.74) is 18.2. The Balaban J connectivity index is 0.869. The Morgan fingerprint density at radius 3 is 1.69 bits per heavy atom. The maximum Gasteiger partial charge on any atom is 0.194 e. The van der Waals surface area contributed by atoms with Gasteiger partial charge in [0.05, 0.1) is 22.1 Å². The quantitative estimate of drug-likeness (QED) is 0.173. The molecule has 1 aromatic heterocycles. The number of hydrogen-bond acceptors (Lipinski definition) is 3. The van der Waals surface area contributed by atoms with Gasteiger partial charge in [0.1, 0.15) is 0 Å². The fourth-order valence-electron chi connectivity index (χ4n) is 11.2. The van der Waals surface area contributed by atoms with Crippen LogP contribution >= 0.6 is 0 Å². The molecule has 4 heteroatoms. The molecule has 2 heterocycles. The lowest BCUT2D eigenvalue weighted by Gasteiger charge is -2.32. The van der Waals surface area contributed by atoms with Gasteiger partial charge in [-0.3, -0.25) is 0 Å². The van der Waals surface area contributed by atoms with Gasteiger partial charge in [-0.1, -0.05) is 158 Å². The number of aromatic nitrogens is 1. The molecule has 4 nitrogen and oxygen atoms in total. The first-order chi connectivity index (χ1) is 32.3. The number of benzene rings is 10. The van der Waals surface area contributed by atoms with Gasteiger partial charge in [-0.15, -0.1) is 0 Å². The maximum atomic E-state index is 7.14. The molecule has 1 spiro atoms. The Bertz CT molecular complexity index is 3680. The van der Waals surface area contributed by atoms with Crippen molar-refractivity contribution in [3.8, 4) is 62.1 Å². The highest BCUT2D eigenvalue weighted by atomic mass is 16.6. The van der Waals surface area contributed by atoms with E-state index in [1.807, 2.05) is 6.07 Å². The molecule has 0 N–H and O–H groups in total. The van der Waals surface area contributed by atoms with Crippen molar-refractivity contribution in [2.24, 2.45) is 0 Å². The third kappa shape index (κ3) is 5.02. The van der Waals surface area contributed by atoms with Gasteiger partial charge in [-0.2, -0.15) is 0 Å². The molecule has 0 saturated carbocycles. The Labute approximate surface area is 376 Å². The van der Waals surface area contributed by atoms with Gasteiger partial charge in [0, 0.05) is 33.4 Å². The van der Waals surface area contributed by atoms with Crippen LogP contribution in [0.5, 0.6) is 23.0 Å². The Kier molecular flexibility index (Phi) is 7.57. The predicted octanol–water partition coefficient (Wildman–Crippen LogP) is 16.2. The normalized spacial score (nSPS) is 13.3. The van der Waals surface area contributed by atoms with Crippen LogP contribution in [0.2, 0.25) is 0 Å². The van der Waals surface area contributed by atoms with Gasteiger partial charge in [0.15, 0.2) is 23.0 Å². The van der Waals surface area contributed by atoms with E-state index in [0.717, 1.165) is 45.2 Å². The van der Waals surface area contributed by atoms with Crippen molar-refractivity contribution in [3.63, 3.8) is 0 Å². The van der Waals surface area contributed by atoms with Crippen LogP contribution in [-0.4, -0.2) is 4.57 Å². The summed E-state index contributed by atoms with van der Waals surface area (Å²) in [7, 11) is 0. The van der Waals surface area contributed by atoms with Gasteiger partial charge in [-0.25, -0.2) is 0 Å². The van der Waals surface area contributed by atoms with Crippen LogP contribution in [0.1, 0.15) is 22.3 Å². The standard InChI is InChI=1S/C61H38N2O2/c1-3-16-41(17-4-1)62(43-33-30-39(31-34-43)40-32-36-54-48(38-40)46-22-10-14-27-53(46)63(54)42-18-5-2-6-19-42)55-28-15-29-56-59(55)64-57-37-35-52-58(60(57)65-56)47-23-9-13-26-51(47)61(52)49-24-11-7-20-44(49)45-21-8-12-25-50(45)61/h1-38H. The van der Waals surface area contributed by atoms with Crippen molar-refractivity contribution >= 4 is 38.9 Å². The highest BCUT2D eigenvalue weighted by Gasteiger charge is 2.53. The van der Waals surface area contributed by atoms with Gasteiger partial charge in [-0.05, 0) is 123 Å². The van der Waals surface area contributed by atoms with E-state index in [-0.39, 0.29) is 0 Å². The lowest BCUT2D eigenvalue weighted by molar-refractivity contribution is 0.361. The van der Waals surface area contributed by atoms with Crippen molar-refractivity contribution in [3.05, 3.63) is 253 Å². The van der Waals surface area contributed by atoms with Gasteiger partial charge >= 0.3 is 0 Å². The van der Waals surface area contributed by atoms with Crippen molar-refractivity contribution in [2.45, 2.75) is 5.41 Å². The average Bonchev–Trinajstić information content (AvgIpc) is 3.99. The number of para-hydroxylation sites is 4. The smallest absolute Gasteiger partial charge is 0.194 e. The fourth-order valence-corrected chi connectivity index (χ4v) is 11.2. The molecule has 3 aliphatic rings. The Morgan fingerprint density at radius 1 is 0.369 bits per heavy atom. The molecule has 11 aromatic rings. The number of anilines is 3. The second-order valence-corrected chi connectivity index (χ2v) is 17.1. The van der Waals surface area contributed by atoms with Crippen LogP contribution in [0.3, 0.4) is 0 Å². The van der Waals surface area contributed by atoms with Gasteiger partial charge < -0.3 is 18.9 Å². The second kappa shape index (κ2) is 13.7. The summed E-state index contributed by atoms with van der Waals surface area (Å²) in [6.45, 7) is 0. The van der Waals surface area contributed by atoms with E-state index in [0.29, 0.717) is 17.2 Å². The van der Waals surface area contributed by atoms with E-state index in [9.17, 15) is 0 Å². The van der Waals surface area contributed by atoms with Crippen LogP contribution in [-0.2, 0) is 5.41 Å². The molecule has 1 aliphatic heterocycles. The molecule has 0 saturated heterocycles. The summed E-state index contributed by atoms with van der Waals surface area (Å²) < 4.78 is 16.6. The summed E-state index contributed by atoms with van der Waals surface area (Å²) in [5, 5.41) is 2.47. The van der Waals surface area contributed by atoms with Gasteiger partial charge in [0.25, 0.3) is 0 Å². The molecule has 65 heavy (non-hydrogen) atoms. The maximum absolute atomic E-state index is 7.14. The van der Waals surface area contributed by atoms with Crippen LogP contribution < -0.4 is 14.4 Å². The molecule has 14 rings (SSSR count). The summed E-state index contributed by atoms with van der Waals surface area (Å²) in [6, 6.07) is 82.6. The summed E-state index contributed by atoms with van der Waals surface area (Å²) >= 11 is 0. The molecule has 10 aromatic carbocycles. The third-order valence-electron chi connectivity index (χ3n) is 13.9. The molecular formula is C61H38N2O2. The minimum absolute atomic E-state index is 0.470. The molecule has 0 bridgehead atoms. The van der Waals surface area contributed by atoms with E-state index >= 15 is 0 Å². The summed E-state index contributed by atoms with van der Waals surface area (Å²) in [6.07, 6.45) is 0. The first kappa shape index (κ1) is 35.9. The van der Waals surface area contributed by atoms with E-state index in [1.165, 1.54) is 60.8 Å². The third-order valence-corrected chi connectivity index (χ3v) is 13.9. The number of hydrogen-bond donors (Lipinski definition) is 0. The van der Waals surface area contributed by atoms with Crippen molar-refractivity contribution in [1.82, 2.24) is 4.57 Å². The van der Waals surface area contributed by atoms with E-state index < -0.39 is 5.41 Å². The number of rotatable bonds is 5. The fraction of sp³-hybridized carbons (Fsp3) is 0.0164. The van der Waals surface area contributed by atoms with Crippen LogP contribution in [0, 0.1) is 0 Å². The predicted molar refractivity (Wildman–Crippen MR) is 264 cm³/mol. The van der Waals surface area contributed by atoms with E-state index in [4.69, 9.17) is 9.47 Å². The Hall–Kier alpha value is -8.60. The average molecular weight is 831 g/mol. The molecule has 0 unspecified atom stereocenters. The topological polar surface area (TPSA) is 26.6 Å². The van der Waals surface area contributed by atoms with Crippen molar-refractivity contribution in [2.75, 3.05) is 4.90 Å². The molecule has 0 fully saturated rings. The SMILES string of the molecule is c1ccc(N(c2ccc(-c3ccc4c(c3)c3ccccc3n4-c3ccccc3)cc2)c2cccc3c2Oc2ccc4c(c2O3)-c2ccccc2C42c3ccccc3-c3ccccc32)cc1. The summed E-state index contributed by atoms with van der Waals surface area (Å²) in [4.78, 5) is 2.26. The zero-order valence-electron chi connectivity index (χ0n) is 35.2. The zero-order chi connectivity index (χ0) is 42.6. The highest BCUT2D eigenvalue weighted by molar-refractivity contribution is 6.10. The lowest BCUT2D eigenvalue weighted by Crippen LogP contribution is -2.25. The Morgan fingerprint density at radius 2 is 0.938 bits per heavy atom. The number of ether oxygens (including phenoxy) is 2. The first-order valence-electron chi connectivity index (χ1n) is 22.3. The lowest BCUT2D eigenvalue weighted by atomic mass is 9.70.